The Bertz CT molecular complexity index is 822. The maximum atomic E-state index is 13.4. The Morgan fingerprint density at radius 3 is 3.00 bits per heavy atom. The average molecular weight is 361 g/mol. The van der Waals surface area contributed by atoms with Crippen LogP contribution in [0.5, 0.6) is 0 Å². The lowest BCUT2D eigenvalue weighted by Crippen LogP contribution is -2.57. The maximum absolute atomic E-state index is 13.4. The van der Waals surface area contributed by atoms with Crippen LogP contribution in [0.25, 0.3) is 10.1 Å². The third-order valence-corrected chi connectivity index (χ3v) is 6.04. The summed E-state index contributed by atoms with van der Waals surface area (Å²) in [5, 5.41) is 3.85. The molecule has 25 heavy (non-hydrogen) atoms. The van der Waals surface area contributed by atoms with Crippen LogP contribution in [0.3, 0.4) is 0 Å². The van der Waals surface area contributed by atoms with Gasteiger partial charge >= 0.3 is 0 Å². The highest BCUT2D eigenvalue weighted by Gasteiger charge is 2.32. The summed E-state index contributed by atoms with van der Waals surface area (Å²) < 4.78 is 14.3. The fourth-order valence-corrected chi connectivity index (χ4v) is 4.69. The third kappa shape index (κ3) is 3.26. The largest absolute Gasteiger partial charge is 0.336 e. The van der Waals surface area contributed by atoms with E-state index in [9.17, 15) is 14.0 Å². The predicted molar refractivity (Wildman–Crippen MR) is 95.3 cm³/mol. The highest BCUT2D eigenvalue weighted by molar-refractivity contribution is 7.20. The van der Waals surface area contributed by atoms with Crippen molar-refractivity contribution < 1.29 is 14.0 Å². The Labute approximate surface area is 149 Å². The molecule has 0 radical (unpaired) electrons. The number of amides is 2. The molecule has 1 unspecified atom stereocenters. The number of carbonyl (C=O) groups excluding carboxylic acids is 2. The molecule has 1 aromatic carbocycles. The SMILES string of the molecule is O=C(c1cc2cc(F)ccc2s1)N1CCCC(N2CCNCC2=O)C1. The van der Waals surface area contributed by atoms with Crippen LogP contribution in [0, 0.1) is 5.82 Å². The number of likely N-dealkylation sites (tertiary alicyclic amines) is 1. The number of halogens is 1. The zero-order chi connectivity index (χ0) is 17.4. The Balaban J connectivity index is 1.51. The molecule has 1 N–H and O–H groups in total. The summed E-state index contributed by atoms with van der Waals surface area (Å²) in [7, 11) is 0. The van der Waals surface area contributed by atoms with Crippen LogP contribution >= 0.6 is 11.3 Å². The van der Waals surface area contributed by atoms with Crippen molar-refractivity contribution in [2.45, 2.75) is 18.9 Å². The van der Waals surface area contributed by atoms with Gasteiger partial charge in [-0.2, -0.15) is 0 Å². The molecule has 2 saturated heterocycles. The van der Waals surface area contributed by atoms with Gasteiger partial charge in [0.05, 0.1) is 11.4 Å². The van der Waals surface area contributed by atoms with Crippen LogP contribution in [0.1, 0.15) is 22.5 Å². The van der Waals surface area contributed by atoms with Gasteiger partial charge in [-0.15, -0.1) is 11.3 Å². The van der Waals surface area contributed by atoms with Crippen molar-refractivity contribution >= 4 is 33.2 Å². The van der Waals surface area contributed by atoms with Crippen molar-refractivity contribution in [2.24, 2.45) is 0 Å². The highest BCUT2D eigenvalue weighted by Crippen LogP contribution is 2.28. The van der Waals surface area contributed by atoms with E-state index in [-0.39, 0.29) is 23.7 Å². The summed E-state index contributed by atoms with van der Waals surface area (Å²) in [4.78, 5) is 29.4. The minimum atomic E-state index is -0.292. The Kier molecular flexibility index (Phi) is 4.43. The van der Waals surface area contributed by atoms with Gasteiger partial charge in [0.15, 0.2) is 0 Å². The summed E-state index contributed by atoms with van der Waals surface area (Å²) in [5.41, 5.74) is 0. The van der Waals surface area contributed by atoms with E-state index in [4.69, 9.17) is 0 Å². The molecule has 0 saturated carbocycles. The first kappa shape index (κ1) is 16.5. The van der Waals surface area contributed by atoms with Gasteiger partial charge in [0.25, 0.3) is 5.91 Å². The zero-order valence-electron chi connectivity index (χ0n) is 13.8. The second kappa shape index (κ2) is 6.72. The molecular formula is C18H20FN3O2S. The summed E-state index contributed by atoms with van der Waals surface area (Å²) in [6.45, 7) is 3.17. The van der Waals surface area contributed by atoms with Crippen LogP contribution in [0.4, 0.5) is 4.39 Å². The van der Waals surface area contributed by atoms with E-state index in [0.29, 0.717) is 31.1 Å². The lowest BCUT2D eigenvalue weighted by atomic mass is 10.0. The first-order chi connectivity index (χ1) is 12.1. The molecule has 0 bridgehead atoms. The van der Waals surface area contributed by atoms with Crippen molar-refractivity contribution in [3.63, 3.8) is 0 Å². The number of rotatable bonds is 2. The number of carbonyl (C=O) groups is 2. The molecule has 1 aromatic heterocycles. The number of fused-ring (bicyclic) bond motifs is 1. The fourth-order valence-electron chi connectivity index (χ4n) is 3.68. The van der Waals surface area contributed by atoms with E-state index in [1.165, 1.54) is 23.5 Å². The summed E-state index contributed by atoms with van der Waals surface area (Å²) in [6.07, 6.45) is 1.83. The number of hydrogen-bond donors (Lipinski definition) is 1. The quantitative estimate of drug-likeness (QED) is 0.891. The Morgan fingerprint density at radius 1 is 1.28 bits per heavy atom. The third-order valence-electron chi connectivity index (χ3n) is 4.94. The van der Waals surface area contributed by atoms with Crippen molar-refractivity contribution in [3.05, 3.63) is 35.0 Å². The number of piperidine rings is 1. The van der Waals surface area contributed by atoms with Gasteiger partial charge in [0, 0.05) is 36.9 Å². The maximum Gasteiger partial charge on any atom is 0.264 e. The van der Waals surface area contributed by atoms with E-state index in [1.807, 2.05) is 9.80 Å². The molecule has 5 nitrogen and oxygen atoms in total. The molecular weight excluding hydrogens is 341 g/mol. The molecule has 0 spiro atoms. The number of nitrogens with zero attached hydrogens (tertiary/aromatic N) is 2. The number of benzene rings is 1. The van der Waals surface area contributed by atoms with E-state index < -0.39 is 0 Å². The molecule has 7 heteroatoms. The molecule has 2 aromatic rings. The second-order valence-corrected chi connectivity index (χ2v) is 7.69. The van der Waals surface area contributed by atoms with Gasteiger partial charge in [0.2, 0.25) is 5.91 Å². The zero-order valence-corrected chi connectivity index (χ0v) is 14.7. The molecule has 1 atom stereocenters. The summed E-state index contributed by atoms with van der Waals surface area (Å²) in [5.74, 6) is -0.198. The van der Waals surface area contributed by atoms with Crippen LogP contribution in [0.15, 0.2) is 24.3 Å². The Hall–Kier alpha value is -1.99. The molecule has 0 aliphatic carbocycles. The minimum Gasteiger partial charge on any atom is -0.336 e. The summed E-state index contributed by atoms with van der Waals surface area (Å²) in [6, 6.07) is 6.45. The molecule has 2 amide bonds. The van der Waals surface area contributed by atoms with Gasteiger partial charge in [-0.3, -0.25) is 9.59 Å². The van der Waals surface area contributed by atoms with Gasteiger partial charge in [-0.25, -0.2) is 4.39 Å². The van der Waals surface area contributed by atoms with Gasteiger partial charge < -0.3 is 15.1 Å². The van der Waals surface area contributed by atoms with Gasteiger partial charge in [-0.1, -0.05) is 0 Å². The number of piperazine rings is 1. The van der Waals surface area contributed by atoms with Gasteiger partial charge in [-0.05, 0) is 42.5 Å². The molecule has 4 rings (SSSR count). The summed E-state index contributed by atoms with van der Waals surface area (Å²) >= 11 is 1.40. The monoisotopic (exact) mass is 361 g/mol. The minimum absolute atomic E-state index is 0.0195. The Morgan fingerprint density at radius 2 is 2.16 bits per heavy atom. The van der Waals surface area contributed by atoms with Gasteiger partial charge in [0.1, 0.15) is 5.82 Å². The smallest absolute Gasteiger partial charge is 0.264 e. The number of nitrogens with one attached hydrogen (secondary N) is 1. The standard InChI is InChI=1S/C18H20FN3O2S/c19-13-3-4-15-12(8-13)9-16(25-15)18(24)21-6-1-2-14(11-21)22-7-5-20-10-17(22)23/h3-4,8-9,14,20H,1-2,5-7,10-11H2. The second-order valence-electron chi connectivity index (χ2n) is 6.60. The highest BCUT2D eigenvalue weighted by atomic mass is 32.1. The van der Waals surface area contributed by atoms with E-state index in [1.54, 1.807) is 12.1 Å². The molecule has 2 aliphatic rings. The van der Waals surface area contributed by atoms with E-state index >= 15 is 0 Å². The van der Waals surface area contributed by atoms with Crippen molar-refractivity contribution in [3.8, 4) is 0 Å². The lowest BCUT2D eigenvalue weighted by molar-refractivity contribution is -0.135. The fraction of sp³-hybridized carbons (Fsp3) is 0.444. The van der Waals surface area contributed by atoms with Crippen molar-refractivity contribution in [2.75, 3.05) is 32.7 Å². The van der Waals surface area contributed by atoms with Crippen LogP contribution in [-0.4, -0.2) is 60.4 Å². The normalized spacial score (nSPS) is 21.8. The molecule has 3 heterocycles. The van der Waals surface area contributed by atoms with Crippen molar-refractivity contribution in [1.82, 2.24) is 15.1 Å². The number of thiophene rings is 1. The van der Waals surface area contributed by atoms with Crippen LogP contribution in [0.2, 0.25) is 0 Å². The number of hydrogen-bond acceptors (Lipinski definition) is 4. The average Bonchev–Trinajstić information content (AvgIpc) is 3.04. The van der Waals surface area contributed by atoms with Crippen LogP contribution < -0.4 is 5.32 Å². The lowest BCUT2D eigenvalue weighted by Gasteiger charge is -2.41. The topological polar surface area (TPSA) is 52.7 Å². The first-order valence-corrected chi connectivity index (χ1v) is 9.42. The molecule has 132 valence electrons. The van der Waals surface area contributed by atoms with E-state index in [2.05, 4.69) is 5.32 Å². The molecule has 2 aliphatic heterocycles. The van der Waals surface area contributed by atoms with Crippen LogP contribution in [-0.2, 0) is 4.79 Å². The van der Waals surface area contributed by atoms with E-state index in [0.717, 1.165) is 29.5 Å². The predicted octanol–water partition coefficient (Wildman–Crippen LogP) is 2.08. The molecule has 2 fully saturated rings. The first-order valence-electron chi connectivity index (χ1n) is 8.60. The van der Waals surface area contributed by atoms with Crippen molar-refractivity contribution in [1.29, 1.82) is 0 Å².